The van der Waals surface area contributed by atoms with Crippen molar-refractivity contribution in [2.45, 2.75) is 150 Å². The summed E-state index contributed by atoms with van der Waals surface area (Å²) in [7, 11) is 0. The number of carbonyl (C=O) groups is 8. The van der Waals surface area contributed by atoms with E-state index >= 15 is 0 Å². The summed E-state index contributed by atoms with van der Waals surface area (Å²) in [5.41, 5.74) is 4.79. The lowest BCUT2D eigenvalue weighted by molar-refractivity contribution is -0.197. The van der Waals surface area contributed by atoms with Crippen molar-refractivity contribution in [3.63, 3.8) is 0 Å². The molecule has 5 rings (SSSR count). The minimum atomic E-state index is -0.590. The number of carbonyl (C=O) groups excluding carboxylic acids is 8. The van der Waals surface area contributed by atoms with Gasteiger partial charge in [0, 0.05) is 73.6 Å². The standard InChI is InChI=1S/C20H30N4O6S.C19H30N4O3S.C3H5N/c25-15(7-4-3-6-14-19-13(12-31-14)22-20(29)23-19)21-11-5-1-2-8-18(28)30-24-16(26)9-10-17(24)27;1-2-11-20-16(24)9-4-3-7-12-21-17(25)10-6-5-8-15-18-14(13-27-15)22-19(26)23-18;1-2-3-4/h13-14,19H,1-12H2,(H,21,25)(H2,22,23,29);1,14-15,18H,3-13H2,(H,20,24)(H,21,25)(H2,22,23,26);1H,3-4H2/t13-,14?,19-;14-,15?,18-;/m00./s1. The number of hydrogen-bond acceptors (Lipinski definition) is 12. The molecule has 0 aromatic rings. The molecule has 5 saturated heterocycles. The van der Waals surface area contributed by atoms with Gasteiger partial charge in [0.15, 0.2) is 0 Å². The predicted octanol–water partition coefficient (Wildman–Crippen LogP) is 1.71. The van der Waals surface area contributed by atoms with Crippen LogP contribution in [0.2, 0.25) is 0 Å². The molecule has 0 aliphatic carbocycles. The number of hydrogen-bond donors (Lipinski definition) is 8. The summed E-state index contributed by atoms with van der Waals surface area (Å²) in [6.07, 6.45) is 21.8. The molecule has 5 fully saturated rings. The first-order valence-electron chi connectivity index (χ1n) is 21.8. The Morgan fingerprint density at radius 3 is 1.52 bits per heavy atom. The van der Waals surface area contributed by atoms with Crippen LogP contribution in [0.15, 0.2) is 0 Å². The lowest BCUT2D eigenvalue weighted by atomic mass is 10.0. The van der Waals surface area contributed by atoms with E-state index in [2.05, 4.69) is 55.5 Å². The van der Waals surface area contributed by atoms with E-state index in [1.54, 1.807) is 0 Å². The number of amides is 9. The van der Waals surface area contributed by atoms with Gasteiger partial charge in [0.25, 0.3) is 11.8 Å². The zero-order chi connectivity index (χ0) is 45.1. The molecule has 0 aromatic heterocycles. The number of nitrogens with zero attached hydrogens (tertiary/aromatic N) is 1. The fraction of sp³-hybridized carbons (Fsp3) is 0.714. The highest BCUT2D eigenvalue weighted by Crippen LogP contribution is 2.34. The summed E-state index contributed by atoms with van der Waals surface area (Å²) in [6.45, 7) is 1.84. The number of thioether (sulfide) groups is 2. The van der Waals surface area contributed by atoms with Crippen molar-refractivity contribution in [3.8, 4) is 24.7 Å². The van der Waals surface area contributed by atoms with Crippen LogP contribution in [0, 0.1) is 24.7 Å². The second-order valence-electron chi connectivity index (χ2n) is 15.5. The number of urea groups is 2. The maximum atomic E-state index is 11.9. The van der Waals surface area contributed by atoms with Gasteiger partial charge in [-0.1, -0.05) is 37.5 Å². The van der Waals surface area contributed by atoms with Gasteiger partial charge in [-0.3, -0.25) is 24.0 Å². The number of nitrogens with two attached hydrogens (primary N) is 1. The van der Waals surface area contributed by atoms with E-state index in [9.17, 15) is 38.4 Å². The number of rotatable bonds is 24. The fourth-order valence-corrected chi connectivity index (χ4v) is 10.5. The Balaban J connectivity index is 0.000000307. The average Bonchev–Trinajstić information content (AvgIpc) is 4.07. The van der Waals surface area contributed by atoms with Crippen molar-refractivity contribution in [3.05, 3.63) is 0 Å². The summed E-state index contributed by atoms with van der Waals surface area (Å²) in [6, 6.07) is 0.818. The van der Waals surface area contributed by atoms with Gasteiger partial charge in [0.05, 0.1) is 37.3 Å². The van der Waals surface area contributed by atoms with Crippen molar-refractivity contribution in [2.24, 2.45) is 5.73 Å². The highest BCUT2D eigenvalue weighted by Gasteiger charge is 2.43. The topological polar surface area (TPSA) is 259 Å². The van der Waals surface area contributed by atoms with Crippen LogP contribution in [0.4, 0.5) is 9.59 Å². The largest absolute Gasteiger partial charge is 0.356 e. The molecular formula is C42H65N9O9S2. The lowest BCUT2D eigenvalue weighted by Crippen LogP contribution is -2.36. The van der Waals surface area contributed by atoms with Gasteiger partial charge in [0.1, 0.15) is 0 Å². The molecule has 62 heavy (non-hydrogen) atoms. The van der Waals surface area contributed by atoms with Gasteiger partial charge in [-0.05, 0) is 51.4 Å². The molecule has 0 spiro atoms. The van der Waals surface area contributed by atoms with E-state index in [1.165, 1.54) is 0 Å². The van der Waals surface area contributed by atoms with Crippen LogP contribution in [0.3, 0.4) is 0 Å². The monoisotopic (exact) mass is 903 g/mol. The molecule has 5 heterocycles. The predicted molar refractivity (Wildman–Crippen MR) is 238 cm³/mol. The van der Waals surface area contributed by atoms with Gasteiger partial charge >= 0.3 is 18.0 Å². The summed E-state index contributed by atoms with van der Waals surface area (Å²) in [5.74, 6) is 5.05. The summed E-state index contributed by atoms with van der Waals surface area (Å²) in [5, 5.41) is 21.7. The molecule has 0 saturated carbocycles. The number of imide groups is 1. The lowest BCUT2D eigenvalue weighted by Gasteiger charge is -2.16. The molecular weight excluding hydrogens is 839 g/mol. The number of nitrogens with one attached hydrogen (secondary N) is 7. The van der Waals surface area contributed by atoms with Crippen LogP contribution in [0.1, 0.15) is 116 Å². The number of hydroxylamine groups is 2. The first kappa shape index (κ1) is 51.7. The molecule has 5 aliphatic heterocycles. The maximum absolute atomic E-state index is 11.9. The zero-order valence-electron chi connectivity index (χ0n) is 35.6. The van der Waals surface area contributed by atoms with Crippen molar-refractivity contribution in [1.29, 1.82) is 0 Å². The molecule has 0 aromatic carbocycles. The highest BCUT2D eigenvalue weighted by molar-refractivity contribution is 8.00. The van der Waals surface area contributed by atoms with Crippen molar-refractivity contribution in [2.75, 3.05) is 37.7 Å². The van der Waals surface area contributed by atoms with Crippen LogP contribution < -0.4 is 43.0 Å². The summed E-state index contributed by atoms with van der Waals surface area (Å²) < 4.78 is 0. The van der Waals surface area contributed by atoms with Crippen LogP contribution in [-0.2, 0) is 33.6 Å². The van der Waals surface area contributed by atoms with E-state index < -0.39 is 17.8 Å². The molecule has 9 amide bonds. The maximum Gasteiger partial charge on any atom is 0.333 e. The Bertz CT molecular complexity index is 1590. The van der Waals surface area contributed by atoms with Gasteiger partial charge in [-0.15, -0.1) is 17.9 Å². The Morgan fingerprint density at radius 1 is 0.629 bits per heavy atom. The number of unbranched alkanes of at least 4 members (excludes halogenated alkanes) is 6. The van der Waals surface area contributed by atoms with Crippen LogP contribution >= 0.6 is 23.5 Å². The SMILES string of the molecule is C#CCN.C#CCNC(=O)CCCCCNC(=O)CCCCC1SC[C@@H]2NC(=O)N[C@H]12.O=C(CCCCC1SC[C@@H]2NC(=O)N[C@H]12)NCCCCCC(=O)ON1C(=O)CCC1=O. The number of fused-ring (bicyclic) bond motifs is 2. The minimum absolute atomic E-state index is 0.0170. The van der Waals surface area contributed by atoms with Gasteiger partial charge in [0.2, 0.25) is 17.7 Å². The van der Waals surface area contributed by atoms with Gasteiger partial charge in [-0.2, -0.15) is 23.5 Å². The molecule has 2 unspecified atom stereocenters. The third-order valence-corrected chi connectivity index (χ3v) is 13.7. The van der Waals surface area contributed by atoms with Crippen molar-refractivity contribution in [1.82, 2.24) is 42.3 Å². The third kappa shape index (κ3) is 19.6. The molecule has 0 radical (unpaired) electrons. The van der Waals surface area contributed by atoms with E-state index in [-0.39, 0.29) is 79.8 Å². The molecule has 5 aliphatic rings. The van der Waals surface area contributed by atoms with E-state index in [1.807, 2.05) is 23.5 Å². The number of terminal acetylenes is 2. The second-order valence-corrected chi connectivity index (χ2v) is 18.0. The van der Waals surface area contributed by atoms with Gasteiger partial charge in [-0.25, -0.2) is 14.4 Å². The van der Waals surface area contributed by atoms with Crippen molar-refractivity contribution >= 4 is 71.1 Å². The first-order chi connectivity index (χ1) is 29.9. The minimum Gasteiger partial charge on any atom is -0.356 e. The van der Waals surface area contributed by atoms with E-state index in [0.717, 1.165) is 82.1 Å². The van der Waals surface area contributed by atoms with Gasteiger partial charge < -0.3 is 47.8 Å². The first-order valence-corrected chi connectivity index (χ1v) is 23.9. The quantitative estimate of drug-likeness (QED) is 0.0298. The van der Waals surface area contributed by atoms with E-state index in [0.29, 0.717) is 60.9 Å². The highest BCUT2D eigenvalue weighted by atomic mass is 32.2. The molecule has 9 N–H and O–H groups in total. The Hall–Kier alpha value is -4.66. The molecule has 6 atom stereocenters. The van der Waals surface area contributed by atoms with E-state index in [4.69, 9.17) is 17.0 Å². The normalized spacial score (nSPS) is 22.7. The zero-order valence-corrected chi connectivity index (χ0v) is 37.2. The Morgan fingerprint density at radius 2 is 1.06 bits per heavy atom. The summed E-state index contributed by atoms with van der Waals surface area (Å²) >= 11 is 3.79. The molecule has 18 nitrogen and oxygen atoms in total. The van der Waals surface area contributed by atoms with Crippen LogP contribution in [0.25, 0.3) is 0 Å². The second kappa shape index (κ2) is 29.6. The molecule has 0 bridgehead atoms. The Kier molecular flexibility index (Phi) is 24.7. The third-order valence-electron chi connectivity index (χ3n) is 10.6. The van der Waals surface area contributed by atoms with Crippen LogP contribution in [0.5, 0.6) is 0 Å². The van der Waals surface area contributed by atoms with Crippen molar-refractivity contribution < 1.29 is 43.2 Å². The summed E-state index contributed by atoms with van der Waals surface area (Å²) in [4.78, 5) is 97.1. The molecule has 20 heteroatoms. The molecule has 344 valence electrons. The average molecular weight is 904 g/mol. The Labute approximate surface area is 373 Å². The fourth-order valence-electron chi connectivity index (χ4n) is 7.38. The van der Waals surface area contributed by atoms with Crippen LogP contribution in [-0.4, -0.2) is 125 Å². The smallest absolute Gasteiger partial charge is 0.333 e.